The van der Waals surface area contributed by atoms with Gasteiger partial charge < -0.3 is 9.84 Å². The maximum Gasteiger partial charge on any atom is 0.265 e. The van der Waals surface area contributed by atoms with E-state index >= 15 is 0 Å². The zero-order valence-corrected chi connectivity index (χ0v) is 16.1. The lowest BCUT2D eigenvalue weighted by atomic mass is 9.86. The molecule has 0 aliphatic rings. The van der Waals surface area contributed by atoms with Crippen molar-refractivity contribution in [2.75, 3.05) is 7.11 Å². The lowest BCUT2D eigenvalue weighted by molar-refractivity contribution is 0.394. The lowest BCUT2D eigenvalue weighted by Crippen LogP contribution is -2.16. The minimum absolute atomic E-state index is 0.0631. The summed E-state index contributed by atoms with van der Waals surface area (Å²) < 4.78 is 6.53. The molecule has 0 fully saturated rings. The van der Waals surface area contributed by atoms with Gasteiger partial charge in [0.2, 0.25) is 11.6 Å². The van der Waals surface area contributed by atoms with Crippen LogP contribution in [0.3, 0.4) is 0 Å². The number of H-pyrrole nitrogens is 1. The molecular formula is C19H21N7O2. The van der Waals surface area contributed by atoms with Crippen LogP contribution in [0.1, 0.15) is 32.9 Å². The molecule has 2 N–H and O–H groups in total. The van der Waals surface area contributed by atoms with Gasteiger partial charge >= 0.3 is 0 Å². The molecule has 3 aromatic rings. The Balaban J connectivity index is 2.02. The minimum atomic E-state index is -0.276. The molecule has 0 unspecified atom stereocenters. The average Bonchev–Trinajstić information content (AvgIpc) is 3.27. The zero-order chi connectivity index (χ0) is 20.3. The molecule has 28 heavy (non-hydrogen) atoms. The third kappa shape index (κ3) is 3.32. The first-order valence-corrected chi connectivity index (χ1v) is 8.72. The lowest BCUT2D eigenvalue weighted by Gasteiger charge is -2.20. The Morgan fingerprint density at radius 2 is 2.00 bits per heavy atom. The van der Waals surface area contributed by atoms with E-state index in [2.05, 4.69) is 30.4 Å². The van der Waals surface area contributed by atoms with Gasteiger partial charge in [0.05, 0.1) is 25.1 Å². The summed E-state index contributed by atoms with van der Waals surface area (Å²) in [4.78, 5) is 3.56. The summed E-state index contributed by atoms with van der Waals surface area (Å²) in [6, 6.07) is 9.10. The maximum absolute atomic E-state index is 10.6. The summed E-state index contributed by atoms with van der Waals surface area (Å²) >= 11 is 0. The van der Waals surface area contributed by atoms with E-state index in [-0.39, 0.29) is 28.7 Å². The first kappa shape index (κ1) is 19.1. The molecule has 0 bridgehead atoms. The minimum Gasteiger partial charge on any atom is -0.492 e. The van der Waals surface area contributed by atoms with Crippen LogP contribution in [0.4, 0.5) is 17.2 Å². The van der Waals surface area contributed by atoms with Crippen LogP contribution in [0, 0.1) is 6.57 Å². The van der Waals surface area contributed by atoms with Crippen LogP contribution in [0.25, 0.3) is 10.5 Å². The second kappa shape index (κ2) is 7.52. The van der Waals surface area contributed by atoms with Gasteiger partial charge in [-0.3, -0.25) is 5.10 Å². The third-order valence-corrected chi connectivity index (χ3v) is 4.61. The Morgan fingerprint density at radius 1 is 1.29 bits per heavy atom. The van der Waals surface area contributed by atoms with Gasteiger partial charge in [0.1, 0.15) is 0 Å². The molecule has 0 saturated heterocycles. The van der Waals surface area contributed by atoms with Gasteiger partial charge in [-0.05, 0) is 24.0 Å². The number of ether oxygens (including phenoxy) is 1. The Hall–Kier alpha value is -3.67. The van der Waals surface area contributed by atoms with Gasteiger partial charge in [0.15, 0.2) is 5.82 Å². The summed E-state index contributed by atoms with van der Waals surface area (Å²) in [5, 5.41) is 29.9. The first-order valence-electron chi connectivity index (χ1n) is 8.72. The summed E-state index contributed by atoms with van der Waals surface area (Å²) in [5.41, 5.74) is 1.38. The molecule has 3 rings (SSSR count). The fourth-order valence-corrected chi connectivity index (χ4v) is 2.60. The van der Waals surface area contributed by atoms with Crippen LogP contribution < -0.4 is 4.74 Å². The molecule has 0 atom stereocenters. The highest BCUT2D eigenvalue weighted by Gasteiger charge is 2.28. The molecule has 0 radical (unpaired) electrons. The summed E-state index contributed by atoms with van der Waals surface area (Å²) in [6.45, 7) is 13.5. The van der Waals surface area contributed by atoms with Crippen LogP contribution in [0.5, 0.6) is 11.8 Å². The van der Waals surface area contributed by atoms with E-state index in [1.54, 1.807) is 12.1 Å². The van der Waals surface area contributed by atoms with Crippen molar-refractivity contribution in [2.24, 2.45) is 10.2 Å². The van der Waals surface area contributed by atoms with Gasteiger partial charge in [0.25, 0.3) is 11.6 Å². The number of azo groups is 1. The number of aromatic hydroxyl groups is 1. The number of benzene rings is 1. The molecular weight excluding hydrogens is 358 g/mol. The molecule has 9 nitrogen and oxygen atoms in total. The molecule has 0 aliphatic carbocycles. The molecule has 2 aromatic heterocycles. The van der Waals surface area contributed by atoms with Gasteiger partial charge in [-0.2, -0.15) is 9.78 Å². The predicted octanol–water partition coefficient (Wildman–Crippen LogP) is 4.96. The normalized spacial score (nSPS) is 11.7. The number of aromatic nitrogens is 4. The van der Waals surface area contributed by atoms with Gasteiger partial charge in [0, 0.05) is 0 Å². The van der Waals surface area contributed by atoms with Crippen LogP contribution >= 0.6 is 0 Å². The highest BCUT2D eigenvalue weighted by molar-refractivity contribution is 5.67. The summed E-state index contributed by atoms with van der Waals surface area (Å²) in [7, 11) is 1.43. The second-order valence-electron chi connectivity index (χ2n) is 6.75. The Kier molecular flexibility index (Phi) is 5.13. The van der Waals surface area contributed by atoms with E-state index in [9.17, 15) is 5.11 Å². The van der Waals surface area contributed by atoms with Crippen molar-refractivity contribution in [3.63, 3.8) is 0 Å². The summed E-state index contributed by atoms with van der Waals surface area (Å²) in [6.07, 6.45) is 0.815. The molecule has 144 valence electrons. The van der Waals surface area contributed by atoms with Crippen molar-refractivity contribution >= 4 is 17.2 Å². The number of methoxy groups -OCH3 is 1. The van der Waals surface area contributed by atoms with Crippen molar-refractivity contribution in [2.45, 2.75) is 32.6 Å². The van der Waals surface area contributed by atoms with Gasteiger partial charge in [-0.1, -0.05) is 39.0 Å². The van der Waals surface area contributed by atoms with Crippen molar-refractivity contribution < 1.29 is 9.84 Å². The number of hydrogen-bond donors (Lipinski definition) is 2. The van der Waals surface area contributed by atoms with Crippen molar-refractivity contribution in [1.29, 1.82) is 0 Å². The van der Waals surface area contributed by atoms with E-state index in [4.69, 9.17) is 11.3 Å². The molecule has 9 heteroatoms. The molecule has 1 aromatic carbocycles. The first-order chi connectivity index (χ1) is 13.4. The van der Waals surface area contributed by atoms with Gasteiger partial charge in [-0.25, -0.2) is 4.85 Å². The zero-order valence-electron chi connectivity index (χ0n) is 16.1. The largest absolute Gasteiger partial charge is 0.492 e. The Bertz CT molecular complexity index is 1040. The molecule has 0 spiro atoms. The maximum atomic E-state index is 10.6. The highest BCUT2D eigenvalue weighted by Crippen LogP contribution is 2.42. The molecule has 0 amide bonds. The predicted molar refractivity (Wildman–Crippen MR) is 104 cm³/mol. The number of nitrogens with one attached hydrogen (secondary N) is 1. The number of nitrogens with zero attached hydrogens (tertiary/aromatic N) is 6. The smallest absolute Gasteiger partial charge is 0.265 e. The van der Waals surface area contributed by atoms with E-state index in [1.165, 1.54) is 11.8 Å². The number of aromatic amines is 1. The molecule has 2 heterocycles. The number of hydrogen-bond acceptors (Lipinski definition) is 6. The van der Waals surface area contributed by atoms with Crippen molar-refractivity contribution in [1.82, 2.24) is 20.0 Å². The van der Waals surface area contributed by atoms with Crippen LogP contribution in [-0.4, -0.2) is 32.2 Å². The monoisotopic (exact) mass is 379 g/mol. The van der Waals surface area contributed by atoms with E-state index in [1.807, 2.05) is 39.0 Å². The SMILES string of the molecule is [C-]#[N+]c1c(C(C)(C)CC)n[nH]c1/N=N/c1c(OC)nn(-c2ccccc2)c1O. The van der Waals surface area contributed by atoms with Crippen LogP contribution in [0.2, 0.25) is 0 Å². The van der Waals surface area contributed by atoms with Crippen molar-refractivity contribution in [3.8, 4) is 17.4 Å². The number of rotatable bonds is 6. The van der Waals surface area contributed by atoms with Crippen molar-refractivity contribution in [3.05, 3.63) is 47.4 Å². The average molecular weight is 379 g/mol. The molecule has 0 aliphatic heterocycles. The third-order valence-electron chi connectivity index (χ3n) is 4.61. The quantitative estimate of drug-likeness (QED) is 0.466. The Morgan fingerprint density at radius 3 is 2.61 bits per heavy atom. The van der Waals surface area contributed by atoms with E-state index in [0.29, 0.717) is 17.1 Å². The Labute approximate surface area is 162 Å². The van der Waals surface area contributed by atoms with Gasteiger partial charge in [-0.15, -0.1) is 15.3 Å². The fourth-order valence-electron chi connectivity index (χ4n) is 2.60. The van der Waals surface area contributed by atoms with Crippen LogP contribution in [-0.2, 0) is 5.41 Å². The summed E-state index contributed by atoms with van der Waals surface area (Å²) in [5.74, 6) is 0.119. The second-order valence-corrected chi connectivity index (χ2v) is 6.75. The van der Waals surface area contributed by atoms with Crippen LogP contribution in [0.15, 0.2) is 40.6 Å². The fraction of sp³-hybridized carbons (Fsp3) is 0.316. The topological polar surface area (TPSA) is 105 Å². The van der Waals surface area contributed by atoms with E-state index < -0.39 is 0 Å². The molecule has 0 saturated carbocycles. The number of para-hydroxylation sites is 1. The van der Waals surface area contributed by atoms with E-state index in [0.717, 1.165) is 6.42 Å². The standard InChI is InChI=1S/C19H21N7O2/c1-6-19(2,3)15-13(20-4)16(24-22-15)23-21-14-17(28-5)25-26(18(14)27)12-10-8-7-9-11-12/h7-11,27H,6H2,1-3,5H3,(H,22,24)/b23-21+. The highest BCUT2D eigenvalue weighted by atomic mass is 16.5.